The van der Waals surface area contributed by atoms with Crippen molar-refractivity contribution in [3.05, 3.63) is 95.7 Å². The van der Waals surface area contributed by atoms with E-state index in [4.69, 9.17) is 4.74 Å². The number of imidazole rings is 1. The minimum Gasteiger partial charge on any atom is -0.381 e. The number of aryl methyl sites for hydroxylation is 1. The number of aromatic nitrogens is 3. The van der Waals surface area contributed by atoms with Gasteiger partial charge in [-0.25, -0.2) is 4.98 Å². The zero-order valence-corrected chi connectivity index (χ0v) is 19.4. The second-order valence-corrected chi connectivity index (χ2v) is 8.87. The highest BCUT2D eigenvalue weighted by Crippen LogP contribution is 2.21. The number of ether oxygens (including phenoxy) is 1. The fourth-order valence-corrected chi connectivity index (χ4v) is 4.44. The topological polar surface area (TPSA) is 71.8 Å². The first-order chi connectivity index (χ1) is 16.7. The van der Waals surface area contributed by atoms with Gasteiger partial charge < -0.3 is 19.4 Å². The number of rotatable bonds is 6. The molecule has 1 aromatic carbocycles. The number of fused-ring (bicyclic) bond motifs is 1. The molecule has 174 valence electrons. The Balaban J connectivity index is 1.27. The van der Waals surface area contributed by atoms with Crippen molar-refractivity contribution < 1.29 is 9.53 Å². The first-order valence-corrected chi connectivity index (χ1v) is 11.7. The highest BCUT2D eigenvalue weighted by molar-refractivity contribution is 5.95. The Bertz CT molecular complexity index is 1270. The summed E-state index contributed by atoms with van der Waals surface area (Å²) >= 11 is 0. The van der Waals surface area contributed by atoms with Gasteiger partial charge in [-0.15, -0.1) is 0 Å². The van der Waals surface area contributed by atoms with Crippen LogP contribution in [0.4, 0.5) is 5.69 Å². The molecule has 1 N–H and O–H groups in total. The van der Waals surface area contributed by atoms with Gasteiger partial charge in [0.05, 0.1) is 13.2 Å². The smallest absolute Gasteiger partial charge is 0.254 e. The van der Waals surface area contributed by atoms with Crippen LogP contribution in [0.15, 0.2) is 73.4 Å². The summed E-state index contributed by atoms with van der Waals surface area (Å²) in [5, 5.41) is 3.45. The van der Waals surface area contributed by atoms with Crippen molar-refractivity contribution in [1.82, 2.24) is 19.3 Å². The number of hydrogen-bond acceptors (Lipinski definition) is 5. The van der Waals surface area contributed by atoms with Crippen LogP contribution in [0.2, 0.25) is 0 Å². The number of nitrogens with one attached hydrogen (secondary N) is 1. The van der Waals surface area contributed by atoms with Crippen LogP contribution >= 0.6 is 0 Å². The molecule has 0 saturated carbocycles. The van der Waals surface area contributed by atoms with Gasteiger partial charge in [0, 0.05) is 67.8 Å². The Morgan fingerprint density at radius 1 is 1.18 bits per heavy atom. The van der Waals surface area contributed by atoms with Gasteiger partial charge in [0.15, 0.2) is 0 Å². The molecule has 1 aliphatic heterocycles. The van der Waals surface area contributed by atoms with E-state index in [2.05, 4.69) is 27.5 Å². The number of benzene rings is 1. The zero-order valence-electron chi connectivity index (χ0n) is 19.4. The Labute approximate surface area is 199 Å². The number of amides is 1. The largest absolute Gasteiger partial charge is 0.381 e. The first-order valence-electron chi connectivity index (χ1n) is 11.7. The van der Waals surface area contributed by atoms with E-state index in [1.165, 1.54) is 5.56 Å². The van der Waals surface area contributed by atoms with Crippen molar-refractivity contribution in [2.45, 2.75) is 19.9 Å². The molecule has 0 bridgehead atoms. The highest BCUT2D eigenvalue weighted by Gasteiger charge is 2.24. The zero-order chi connectivity index (χ0) is 23.3. The third-order valence-electron chi connectivity index (χ3n) is 6.29. The molecule has 1 fully saturated rings. The summed E-state index contributed by atoms with van der Waals surface area (Å²) < 4.78 is 7.90. The Kier molecular flexibility index (Phi) is 6.53. The number of pyridine rings is 2. The third-order valence-corrected chi connectivity index (χ3v) is 6.29. The molecule has 0 unspecified atom stereocenters. The molecule has 5 rings (SSSR count). The van der Waals surface area contributed by atoms with Crippen LogP contribution < -0.4 is 5.32 Å². The molecule has 1 atom stereocenters. The number of anilines is 1. The van der Waals surface area contributed by atoms with Crippen molar-refractivity contribution >= 4 is 17.2 Å². The highest BCUT2D eigenvalue weighted by atomic mass is 16.5. The Morgan fingerprint density at radius 2 is 2.12 bits per heavy atom. The average molecular weight is 456 g/mol. The Hall–Kier alpha value is -3.71. The molecule has 1 aliphatic rings. The summed E-state index contributed by atoms with van der Waals surface area (Å²) in [5.74, 6) is 0.283. The second kappa shape index (κ2) is 10.1. The number of carbonyl (C=O) groups excluding carboxylic acids is 1. The molecular formula is C27H29N5O2. The standard InChI is InChI=1S/C27H29N5O2/c1-20-4-6-24(14-25(20)30-16-22-3-2-8-28-15-22)27(33)32-11-12-34-19-23(18-32)13-21-5-7-26-29-9-10-31(26)17-21/h2-10,14-15,17,23,30H,11-13,16,18-19H2,1H3/t23-/m1/s1. The van der Waals surface area contributed by atoms with E-state index in [-0.39, 0.29) is 11.8 Å². The lowest BCUT2D eigenvalue weighted by Gasteiger charge is -2.24. The number of carbonyl (C=O) groups is 1. The fourth-order valence-electron chi connectivity index (χ4n) is 4.44. The van der Waals surface area contributed by atoms with Gasteiger partial charge in [0.25, 0.3) is 5.91 Å². The fraction of sp³-hybridized carbons (Fsp3) is 0.296. The second-order valence-electron chi connectivity index (χ2n) is 8.87. The van der Waals surface area contributed by atoms with E-state index in [1.54, 1.807) is 12.4 Å². The maximum atomic E-state index is 13.4. The summed E-state index contributed by atoms with van der Waals surface area (Å²) in [6, 6.07) is 14.0. The molecule has 3 aromatic heterocycles. The molecule has 7 heteroatoms. The van der Waals surface area contributed by atoms with E-state index in [9.17, 15) is 4.79 Å². The van der Waals surface area contributed by atoms with Crippen LogP contribution in [0.3, 0.4) is 0 Å². The molecular weight excluding hydrogens is 426 g/mol. The maximum absolute atomic E-state index is 13.4. The lowest BCUT2D eigenvalue weighted by molar-refractivity contribution is 0.0737. The maximum Gasteiger partial charge on any atom is 0.254 e. The molecule has 0 radical (unpaired) electrons. The monoisotopic (exact) mass is 455 g/mol. The number of nitrogens with zero attached hydrogens (tertiary/aromatic N) is 4. The molecule has 0 spiro atoms. The first kappa shape index (κ1) is 22.1. The van der Waals surface area contributed by atoms with Crippen LogP contribution in [0, 0.1) is 12.8 Å². The lowest BCUT2D eigenvalue weighted by atomic mass is 10.00. The number of hydrogen-bond donors (Lipinski definition) is 1. The summed E-state index contributed by atoms with van der Waals surface area (Å²) in [5.41, 5.74) is 6.01. The van der Waals surface area contributed by atoms with Crippen LogP contribution in [0.5, 0.6) is 0 Å². The van der Waals surface area contributed by atoms with Gasteiger partial charge in [0.1, 0.15) is 5.65 Å². The Morgan fingerprint density at radius 3 is 3.00 bits per heavy atom. The predicted molar refractivity (Wildman–Crippen MR) is 132 cm³/mol. The average Bonchev–Trinajstić information content (AvgIpc) is 3.21. The third kappa shape index (κ3) is 5.10. The summed E-state index contributed by atoms with van der Waals surface area (Å²) in [4.78, 5) is 23.9. The van der Waals surface area contributed by atoms with Crippen molar-refractivity contribution in [2.75, 3.05) is 31.6 Å². The molecule has 4 heterocycles. The van der Waals surface area contributed by atoms with Gasteiger partial charge in [0.2, 0.25) is 0 Å². The van der Waals surface area contributed by atoms with Crippen LogP contribution in [0.25, 0.3) is 5.65 Å². The van der Waals surface area contributed by atoms with Gasteiger partial charge in [-0.1, -0.05) is 18.2 Å². The molecule has 0 aliphatic carbocycles. The van der Waals surface area contributed by atoms with Crippen molar-refractivity contribution in [1.29, 1.82) is 0 Å². The van der Waals surface area contributed by atoms with Gasteiger partial charge >= 0.3 is 0 Å². The van der Waals surface area contributed by atoms with E-state index in [0.717, 1.165) is 28.9 Å². The molecule has 1 amide bonds. The van der Waals surface area contributed by atoms with Crippen LogP contribution in [0.1, 0.15) is 27.0 Å². The molecule has 1 saturated heterocycles. The van der Waals surface area contributed by atoms with Crippen molar-refractivity contribution in [2.24, 2.45) is 5.92 Å². The summed E-state index contributed by atoms with van der Waals surface area (Å²) in [6.45, 7) is 5.19. The van der Waals surface area contributed by atoms with Crippen LogP contribution in [-0.2, 0) is 17.7 Å². The lowest BCUT2D eigenvalue weighted by Crippen LogP contribution is -2.36. The van der Waals surface area contributed by atoms with Crippen molar-refractivity contribution in [3.8, 4) is 0 Å². The summed E-state index contributed by atoms with van der Waals surface area (Å²) in [7, 11) is 0. The van der Waals surface area contributed by atoms with E-state index in [1.807, 2.05) is 65.0 Å². The van der Waals surface area contributed by atoms with Crippen molar-refractivity contribution in [3.63, 3.8) is 0 Å². The summed E-state index contributed by atoms with van der Waals surface area (Å²) in [6.07, 6.45) is 10.3. The van der Waals surface area contributed by atoms with Gasteiger partial charge in [-0.3, -0.25) is 9.78 Å². The normalized spacial score (nSPS) is 16.4. The van der Waals surface area contributed by atoms with E-state index >= 15 is 0 Å². The van der Waals surface area contributed by atoms with Gasteiger partial charge in [-0.2, -0.15) is 0 Å². The SMILES string of the molecule is Cc1ccc(C(=O)N2CCOC[C@H](Cc3ccc4nccn4c3)C2)cc1NCc1cccnc1. The molecule has 7 nitrogen and oxygen atoms in total. The predicted octanol–water partition coefficient (Wildman–Crippen LogP) is 3.98. The minimum atomic E-state index is 0.0463. The molecule has 4 aromatic rings. The minimum absolute atomic E-state index is 0.0463. The van der Waals surface area contributed by atoms with Gasteiger partial charge in [-0.05, 0) is 54.3 Å². The van der Waals surface area contributed by atoms with E-state index in [0.29, 0.717) is 38.4 Å². The van der Waals surface area contributed by atoms with Crippen LogP contribution in [-0.4, -0.2) is 51.5 Å². The molecule has 34 heavy (non-hydrogen) atoms. The van der Waals surface area contributed by atoms with E-state index < -0.39 is 0 Å². The quantitative estimate of drug-likeness (QED) is 0.476.